The summed E-state index contributed by atoms with van der Waals surface area (Å²) >= 11 is 0. The predicted molar refractivity (Wildman–Crippen MR) is 258 cm³/mol. The van der Waals surface area contributed by atoms with E-state index in [9.17, 15) is 0 Å². The van der Waals surface area contributed by atoms with Gasteiger partial charge in [-0.1, -0.05) is 200 Å². The highest BCUT2D eigenvalue weighted by Crippen LogP contribution is 2.48. The van der Waals surface area contributed by atoms with Gasteiger partial charge < -0.3 is 4.57 Å². The maximum Gasteiger partial charge on any atom is 0.238 e. The molecule has 12 aromatic rings. The SMILES string of the molecule is c1ccc(C(c2ccccc2)(c2ccccc2)c2ccccc2-c2nc(-c3cccc(-n4c5ccccc5c5ccccc54)c3)nc(-n3c4ccccc4c4ccccc43)n2)cc1. The number of hydrogen-bond donors (Lipinski definition) is 0. The van der Waals surface area contributed by atoms with E-state index in [2.05, 4.69) is 246 Å². The molecule has 9 aromatic carbocycles. The lowest BCUT2D eigenvalue weighted by Gasteiger charge is -2.38. The molecule has 0 saturated heterocycles. The number of benzene rings is 9. The second-order valence-corrected chi connectivity index (χ2v) is 16.0. The summed E-state index contributed by atoms with van der Waals surface area (Å²) in [5.74, 6) is 1.72. The number of hydrogen-bond acceptors (Lipinski definition) is 3. The van der Waals surface area contributed by atoms with Crippen LogP contribution in [0.2, 0.25) is 0 Å². The molecule has 3 aromatic heterocycles. The Morgan fingerprint density at radius 3 is 1.24 bits per heavy atom. The van der Waals surface area contributed by atoms with E-state index in [0.717, 1.165) is 71.9 Å². The molecular weight excluding hydrogens is 767 g/mol. The van der Waals surface area contributed by atoms with E-state index in [4.69, 9.17) is 15.0 Å². The van der Waals surface area contributed by atoms with Gasteiger partial charge >= 0.3 is 0 Å². The van der Waals surface area contributed by atoms with E-state index >= 15 is 0 Å². The third-order valence-corrected chi connectivity index (χ3v) is 12.5. The van der Waals surface area contributed by atoms with Gasteiger partial charge in [0.2, 0.25) is 5.95 Å². The lowest BCUT2D eigenvalue weighted by Crippen LogP contribution is -2.31. The van der Waals surface area contributed by atoms with Crippen LogP contribution in [0.15, 0.2) is 237 Å². The van der Waals surface area contributed by atoms with Crippen molar-refractivity contribution >= 4 is 43.6 Å². The van der Waals surface area contributed by atoms with Crippen LogP contribution in [0.3, 0.4) is 0 Å². The average Bonchev–Trinajstić information content (AvgIpc) is 3.89. The summed E-state index contributed by atoms with van der Waals surface area (Å²) in [6.45, 7) is 0. The molecule has 0 bridgehead atoms. The standard InChI is InChI=1S/C58H39N5/c1-4-22-41(23-5-1)58(42-24-6-2-7-25-42,43-26-8-3-9-27-43)50-34-15-10-33-49(50)56-59-55(60-57(61-56)63-53-37-18-13-31-47(53)48-32-14-19-38-54(48)63)40-21-20-28-44(39-40)62-51-35-16-11-29-45(51)46-30-12-17-36-52(46)62/h1-39H. The van der Waals surface area contributed by atoms with Gasteiger partial charge in [0, 0.05) is 38.4 Å². The fourth-order valence-electron chi connectivity index (χ4n) is 9.87. The Hall–Kier alpha value is -8.41. The first-order valence-electron chi connectivity index (χ1n) is 21.4. The number of para-hydroxylation sites is 4. The van der Waals surface area contributed by atoms with Crippen molar-refractivity contribution in [2.75, 3.05) is 0 Å². The molecule has 0 atom stereocenters. The topological polar surface area (TPSA) is 48.5 Å². The van der Waals surface area contributed by atoms with Gasteiger partial charge in [0.15, 0.2) is 11.6 Å². The van der Waals surface area contributed by atoms with Gasteiger partial charge in [0.25, 0.3) is 0 Å². The molecule has 0 unspecified atom stereocenters. The molecule has 0 aliphatic heterocycles. The van der Waals surface area contributed by atoms with Crippen LogP contribution in [-0.4, -0.2) is 24.1 Å². The minimum absolute atomic E-state index is 0.550. The molecule has 0 saturated carbocycles. The quantitative estimate of drug-likeness (QED) is 0.144. The summed E-state index contributed by atoms with van der Waals surface area (Å²) in [6.07, 6.45) is 0. The van der Waals surface area contributed by atoms with E-state index in [1.54, 1.807) is 0 Å². The van der Waals surface area contributed by atoms with Crippen LogP contribution in [0.25, 0.3) is 78.0 Å². The second-order valence-electron chi connectivity index (χ2n) is 16.0. The first kappa shape index (κ1) is 36.4. The van der Waals surface area contributed by atoms with Crippen molar-refractivity contribution in [2.45, 2.75) is 5.41 Å². The summed E-state index contributed by atoms with van der Waals surface area (Å²) in [5.41, 5.74) is 11.0. The zero-order chi connectivity index (χ0) is 41.7. The summed E-state index contributed by atoms with van der Waals surface area (Å²) in [6, 6.07) is 83.9. The Morgan fingerprint density at radius 2 is 0.730 bits per heavy atom. The minimum atomic E-state index is -0.726. The summed E-state index contributed by atoms with van der Waals surface area (Å²) < 4.78 is 4.53. The van der Waals surface area contributed by atoms with E-state index < -0.39 is 5.41 Å². The van der Waals surface area contributed by atoms with E-state index in [1.807, 2.05) is 0 Å². The lowest BCUT2D eigenvalue weighted by atomic mass is 9.64. The van der Waals surface area contributed by atoms with Crippen molar-refractivity contribution in [1.29, 1.82) is 0 Å². The maximum absolute atomic E-state index is 5.52. The number of fused-ring (bicyclic) bond motifs is 6. The van der Waals surface area contributed by atoms with E-state index in [-0.39, 0.29) is 0 Å². The second kappa shape index (κ2) is 14.9. The molecule has 0 aliphatic carbocycles. The molecule has 0 radical (unpaired) electrons. The van der Waals surface area contributed by atoms with Crippen LogP contribution < -0.4 is 0 Å². The molecule has 5 nitrogen and oxygen atoms in total. The fourth-order valence-corrected chi connectivity index (χ4v) is 9.87. The molecule has 0 N–H and O–H groups in total. The maximum atomic E-state index is 5.52. The molecule has 63 heavy (non-hydrogen) atoms. The van der Waals surface area contributed by atoms with E-state index in [1.165, 1.54) is 10.8 Å². The van der Waals surface area contributed by atoms with Crippen molar-refractivity contribution in [3.8, 4) is 34.4 Å². The molecule has 0 fully saturated rings. The van der Waals surface area contributed by atoms with Crippen molar-refractivity contribution in [3.05, 3.63) is 259 Å². The Labute approximate surface area is 364 Å². The Balaban J connectivity index is 1.16. The highest BCUT2D eigenvalue weighted by molar-refractivity contribution is 6.10. The molecular formula is C58H39N5. The fraction of sp³-hybridized carbons (Fsp3) is 0.0172. The Bertz CT molecular complexity index is 3420. The number of nitrogens with zero attached hydrogens (tertiary/aromatic N) is 5. The lowest BCUT2D eigenvalue weighted by molar-refractivity contribution is 0.745. The molecule has 0 amide bonds. The van der Waals surface area contributed by atoms with Crippen molar-refractivity contribution in [3.63, 3.8) is 0 Å². The van der Waals surface area contributed by atoms with E-state index in [0.29, 0.717) is 17.6 Å². The molecule has 0 spiro atoms. The zero-order valence-electron chi connectivity index (χ0n) is 34.3. The van der Waals surface area contributed by atoms with Gasteiger partial charge in [-0.2, -0.15) is 9.97 Å². The van der Waals surface area contributed by atoms with Gasteiger partial charge in [-0.25, -0.2) is 4.98 Å². The monoisotopic (exact) mass is 805 g/mol. The van der Waals surface area contributed by atoms with Crippen LogP contribution in [0.4, 0.5) is 0 Å². The van der Waals surface area contributed by atoms with Crippen LogP contribution in [0.1, 0.15) is 22.3 Å². The third-order valence-electron chi connectivity index (χ3n) is 12.5. The van der Waals surface area contributed by atoms with Gasteiger partial charge in [0.05, 0.1) is 27.5 Å². The number of rotatable bonds is 8. The minimum Gasteiger partial charge on any atom is -0.309 e. The molecule has 12 rings (SSSR count). The molecule has 0 aliphatic rings. The zero-order valence-corrected chi connectivity index (χ0v) is 34.3. The van der Waals surface area contributed by atoms with Crippen LogP contribution in [0.5, 0.6) is 0 Å². The third kappa shape index (κ3) is 5.82. The first-order chi connectivity index (χ1) is 31.3. The summed E-state index contributed by atoms with van der Waals surface area (Å²) in [5, 5.41) is 4.71. The summed E-state index contributed by atoms with van der Waals surface area (Å²) in [4.78, 5) is 16.4. The average molecular weight is 806 g/mol. The van der Waals surface area contributed by atoms with Crippen molar-refractivity contribution in [1.82, 2.24) is 24.1 Å². The van der Waals surface area contributed by atoms with Gasteiger partial charge in [-0.05, 0) is 58.7 Å². The Morgan fingerprint density at radius 1 is 0.317 bits per heavy atom. The number of aromatic nitrogens is 5. The Kier molecular flexibility index (Phi) is 8.64. The van der Waals surface area contributed by atoms with Crippen LogP contribution in [-0.2, 0) is 5.41 Å². The molecule has 3 heterocycles. The van der Waals surface area contributed by atoms with Gasteiger partial charge in [-0.3, -0.25) is 4.57 Å². The highest BCUT2D eigenvalue weighted by atomic mass is 15.2. The predicted octanol–water partition coefficient (Wildman–Crippen LogP) is 13.8. The highest BCUT2D eigenvalue weighted by Gasteiger charge is 2.40. The van der Waals surface area contributed by atoms with Crippen molar-refractivity contribution in [2.24, 2.45) is 0 Å². The summed E-state index contributed by atoms with van der Waals surface area (Å²) in [7, 11) is 0. The van der Waals surface area contributed by atoms with Crippen LogP contribution in [0, 0.1) is 0 Å². The van der Waals surface area contributed by atoms with Crippen molar-refractivity contribution < 1.29 is 0 Å². The molecule has 5 heteroatoms. The molecule has 296 valence electrons. The smallest absolute Gasteiger partial charge is 0.238 e. The van der Waals surface area contributed by atoms with Gasteiger partial charge in [-0.15, -0.1) is 0 Å². The van der Waals surface area contributed by atoms with Crippen LogP contribution >= 0.6 is 0 Å². The largest absolute Gasteiger partial charge is 0.309 e. The van der Waals surface area contributed by atoms with Gasteiger partial charge in [0.1, 0.15) is 0 Å². The normalized spacial score (nSPS) is 11.8. The first-order valence-corrected chi connectivity index (χ1v) is 21.4.